The summed E-state index contributed by atoms with van der Waals surface area (Å²) >= 11 is 0. The minimum atomic E-state index is -0.0467. The van der Waals surface area contributed by atoms with E-state index >= 15 is 0 Å². The van der Waals surface area contributed by atoms with Crippen LogP contribution in [0.3, 0.4) is 0 Å². The molecule has 23 heavy (non-hydrogen) atoms. The predicted molar refractivity (Wildman–Crippen MR) is 92.9 cm³/mol. The summed E-state index contributed by atoms with van der Waals surface area (Å²) < 4.78 is 17.5. The number of ether oxygens (including phenoxy) is 3. The van der Waals surface area contributed by atoms with Crippen LogP contribution in [0.15, 0.2) is 0 Å². The summed E-state index contributed by atoms with van der Waals surface area (Å²) in [6, 6.07) is 0. The molecule has 0 aliphatic carbocycles. The van der Waals surface area contributed by atoms with Crippen LogP contribution in [0, 0.1) is 5.92 Å². The first-order chi connectivity index (χ1) is 11.0. The zero-order valence-electron chi connectivity index (χ0n) is 15.6. The van der Waals surface area contributed by atoms with E-state index in [1.165, 1.54) is 19.5 Å². The molecule has 136 valence electrons. The lowest BCUT2D eigenvalue weighted by atomic mass is 10.0. The Morgan fingerprint density at radius 2 is 2.00 bits per heavy atom. The molecule has 2 aliphatic heterocycles. The molecule has 0 amide bonds. The van der Waals surface area contributed by atoms with Crippen LogP contribution in [0.1, 0.15) is 33.6 Å². The first kappa shape index (κ1) is 19.1. The third-order valence-corrected chi connectivity index (χ3v) is 4.96. The first-order valence-electron chi connectivity index (χ1n) is 9.22. The van der Waals surface area contributed by atoms with Crippen LogP contribution < -0.4 is 0 Å². The second-order valence-electron chi connectivity index (χ2n) is 7.69. The second-order valence-corrected chi connectivity index (χ2v) is 7.69. The van der Waals surface area contributed by atoms with Gasteiger partial charge in [0, 0.05) is 32.8 Å². The van der Waals surface area contributed by atoms with E-state index in [9.17, 15) is 0 Å². The van der Waals surface area contributed by atoms with Crippen LogP contribution in [-0.4, -0.2) is 87.7 Å². The zero-order valence-corrected chi connectivity index (χ0v) is 15.6. The minimum Gasteiger partial charge on any atom is -0.379 e. The lowest BCUT2D eigenvalue weighted by Gasteiger charge is -2.35. The van der Waals surface area contributed by atoms with Gasteiger partial charge in [0.1, 0.15) is 0 Å². The molecule has 2 fully saturated rings. The average molecular weight is 328 g/mol. The van der Waals surface area contributed by atoms with E-state index in [-0.39, 0.29) is 11.7 Å². The van der Waals surface area contributed by atoms with Gasteiger partial charge in [0.2, 0.25) is 0 Å². The summed E-state index contributed by atoms with van der Waals surface area (Å²) in [7, 11) is 2.20. The van der Waals surface area contributed by atoms with Gasteiger partial charge in [0.05, 0.1) is 31.5 Å². The summed E-state index contributed by atoms with van der Waals surface area (Å²) in [4.78, 5) is 4.88. The molecule has 5 nitrogen and oxygen atoms in total. The fraction of sp³-hybridized carbons (Fsp3) is 1.00. The molecule has 2 aliphatic rings. The minimum absolute atomic E-state index is 0.0467. The number of likely N-dealkylation sites (tertiary alicyclic amines) is 1. The highest BCUT2D eigenvalue weighted by atomic mass is 16.5. The Balaban J connectivity index is 1.64. The van der Waals surface area contributed by atoms with Crippen molar-refractivity contribution in [2.24, 2.45) is 5.92 Å². The SMILES string of the molecule is CCOC[C@@H]1CN(CCC(C)(C)OC[C@@H]2CCN(C)C2)CCO1. The van der Waals surface area contributed by atoms with E-state index in [4.69, 9.17) is 14.2 Å². The van der Waals surface area contributed by atoms with Crippen molar-refractivity contribution in [3.63, 3.8) is 0 Å². The number of hydrogen-bond donors (Lipinski definition) is 0. The van der Waals surface area contributed by atoms with Crippen LogP contribution in [0.4, 0.5) is 0 Å². The summed E-state index contributed by atoms with van der Waals surface area (Å²) in [5.41, 5.74) is -0.0467. The van der Waals surface area contributed by atoms with Crippen molar-refractivity contribution >= 4 is 0 Å². The third kappa shape index (κ3) is 7.06. The van der Waals surface area contributed by atoms with Gasteiger partial charge in [-0.05, 0) is 53.1 Å². The maximum Gasteiger partial charge on any atom is 0.0935 e. The van der Waals surface area contributed by atoms with Crippen molar-refractivity contribution in [3.05, 3.63) is 0 Å². The molecule has 0 aromatic heterocycles. The fourth-order valence-corrected chi connectivity index (χ4v) is 3.34. The van der Waals surface area contributed by atoms with Gasteiger partial charge in [0.15, 0.2) is 0 Å². The maximum absolute atomic E-state index is 6.24. The van der Waals surface area contributed by atoms with E-state index in [0.29, 0.717) is 12.5 Å². The van der Waals surface area contributed by atoms with Gasteiger partial charge in [-0.2, -0.15) is 0 Å². The molecule has 2 atom stereocenters. The summed E-state index contributed by atoms with van der Waals surface area (Å²) in [5.74, 6) is 0.707. The number of rotatable bonds is 9. The first-order valence-corrected chi connectivity index (χ1v) is 9.22. The Morgan fingerprint density at radius 3 is 2.70 bits per heavy atom. The predicted octanol–water partition coefficient (Wildman–Crippen LogP) is 1.86. The molecular weight excluding hydrogens is 292 g/mol. The van der Waals surface area contributed by atoms with Gasteiger partial charge in [-0.1, -0.05) is 0 Å². The van der Waals surface area contributed by atoms with Gasteiger partial charge in [0.25, 0.3) is 0 Å². The van der Waals surface area contributed by atoms with Gasteiger partial charge < -0.3 is 19.1 Å². The molecule has 0 N–H and O–H groups in total. The molecule has 2 saturated heterocycles. The Hall–Kier alpha value is -0.200. The lowest BCUT2D eigenvalue weighted by molar-refractivity contribution is -0.0794. The van der Waals surface area contributed by atoms with E-state index in [1.54, 1.807) is 0 Å². The number of morpholine rings is 1. The Kier molecular flexibility index (Phi) is 7.76. The largest absolute Gasteiger partial charge is 0.379 e. The fourth-order valence-electron chi connectivity index (χ4n) is 3.34. The van der Waals surface area contributed by atoms with E-state index in [0.717, 1.165) is 45.9 Å². The molecule has 0 unspecified atom stereocenters. The lowest BCUT2D eigenvalue weighted by Crippen LogP contribution is -2.46. The van der Waals surface area contributed by atoms with Gasteiger partial charge in [-0.25, -0.2) is 0 Å². The summed E-state index contributed by atoms with van der Waals surface area (Å²) in [6.45, 7) is 15.1. The highest BCUT2D eigenvalue weighted by Gasteiger charge is 2.26. The third-order valence-electron chi connectivity index (χ3n) is 4.96. The van der Waals surface area contributed by atoms with E-state index < -0.39 is 0 Å². The highest BCUT2D eigenvalue weighted by Crippen LogP contribution is 2.21. The van der Waals surface area contributed by atoms with E-state index in [2.05, 4.69) is 30.7 Å². The standard InChI is InChI=1S/C18H36N2O3/c1-5-21-15-17-13-20(10-11-22-17)9-7-18(2,3)23-14-16-6-8-19(4)12-16/h16-17H,5-15H2,1-4H3/t16-,17+/m1/s1. The van der Waals surface area contributed by atoms with Gasteiger partial charge in [-0.3, -0.25) is 4.90 Å². The summed E-state index contributed by atoms with van der Waals surface area (Å²) in [6.07, 6.45) is 2.56. The maximum atomic E-state index is 6.24. The van der Waals surface area contributed by atoms with Gasteiger partial charge in [-0.15, -0.1) is 0 Å². The quantitative estimate of drug-likeness (QED) is 0.645. The monoisotopic (exact) mass is 328 g/mol. The Morgan fingerprint density at radius 1 is 1.17 bits per heavy atom. The zero-order chi connectivity index (χ0) is 16.7. The molecule has 0 saturated carbocycles. The molecule has 2 heterocycles. The van der Waals surface area contributed by atoms with E-state index in [1.807, 2.05) is 6.92 Å². The molecule has 5 heteroatoms. The number of hydrogen-bond acceptors (Lipinski definition) is 5. The van der Waals surface area contributed by atoms with Crippen molar-refractivity contribution < 1.29 is 14.2 Å². The molecule has 0 bridgehead atoms. The topological polar surface area (TPSA) is 34.2 Å². The second kappa shape index (κ2) is 9.33. The average Bonchev–Trinajstić information content (AvgIpc) is 2.95. The van der Waals surface area contributed by atoms with Crippen molar-refractivity contribution in [1.82, 2.24) is 9.80 Å². The molecule has 0 radical (unpaired) electrons. The number of nitrogens with zero attached hydrogens (tertiary/aromatic N) is 2. The van der Waals surface area contributed by atoms with Gasteiger partial charge >= 0.3 is 0 Å². The van der Waals surface area contributed by atoms with Crippen molar-refractivity contribution in [3.8, 4) is 0 Å². The van der Waals surface area contributed by atoms with Crippen LogP contribution in [-0.2, 0) is 14.2 Å². The Bertz CT molecular complexity index is 338. The van der Waals surface area contributed by atoms with Crippen LogP contribution in [0.2, 0.25) is 0 Å². The molecular formula is C18H36N2O3. The van der Waals surface area contributed by atoms with Crippen LogP contribution in [0.5, 0.6) is 0 Å². The Labute approximate surface area is 142 Å². The molecule has 2 rings (SSSR count). The highest BCUT2D eigenvalue weighted by molar-refractivity contribution is 4.78. The van der Waals surface area contributed by atoms with Crippen molar-refractivity contribution in [2.45, 2.75) is 45.3 Å². The molecule has 0 aromatic rings. The van der Waals surface area contributed by atoms with Crippen molar-refractivity contribution in [1.29, 1.82) is 0 Å². The molecule has 0 aromatic carbocycles. The summed E-state index contributed by atoms with van der Waals surface area (Å²) in [5, 5.41) is 0. The molecule has 0 spiro atoms. The van der Waals surface area contributed by atoms with Crippen LogP contribution >= 0.6 is 0 Å². The van der Waals surface area contributed by atoms with Crippen molar-refractivity contribution in [2.75, 3.05) is 66.2 Å². The van der Waals surface area contributed by atoms with Crippen LogP contribution in [0.25, 0.3) is 0 Å². The normalized spacial score (nSPS) is 27.7. The smallest absolute Gasteiger partial charge is 0.0935 e.